The molecular weight excluding hydrogens is 268 g/mol. The highest BCUT2D eigenvalue weighted by molar-refractivity contribution is 6.31. The highest BCUT2D eigenvalue weighted by Crippen LogP contribution is 2.25. The lowest BCUT2D eigenvalue weighted by atomic mass is 10.1. The standard InChI is InChI=1S/C17H17ClN2/c1-12(2)20-16-11-14(18)8-9-15(16)19-17(20)10-13-6-4-3-5-7-13/h3-9,11-12H,10H2,1-2H3. The molecule has 3 aromatic rings. The second-order valence-electron chi connectivity index (χ2n) is 5.29. The summed E-state index contributed by atoms with van der Waals surface area (Å²) in [6.07, 6.45) is 0.839. The van der Waals surface area contributed by atoms with Gasteiger partial charge in [0.1, 0.15) is 5.82 Å². The molecule has 0 radical (unpaired) electrons. The Bertz CT molecular complexity index is 729. The summed E-state index contributed by atoms with van der Waals surface area (Å²) in [7, 11) is 0. The summed E-state index contributed by atoms with van der Waals surface area (Å²) in [5.74, 6) is 1.09. The summed E-state index contributed by atoms with van der Waals surface area (Å²) >= 11 is 6.12. The van der Waals surface area contributed by atoms with Crippen LogP contribution in [0.1, 0.15) is 31.3 Å². The normalized spacial score (nSPS) is 11.4. The van der Waals surface area contributed by atoms with E-state index in [1.807, 2.05) is 24.3 Å². The molecule has 0 aliphatic rings. The zero-order valence-corrected chi connectivity index (χ0v) is 12.4. The van der Waals surface area contributed by atoms with Gasteiger partial charge >= 0.3 is 0 Å². The fraction of sp³-hybridized carbons (Fsp3) is 0.235. The molecule has 0 unspecified atom stereocenters. The van der Waals surface area contributed by atoms with E-state index in [0.717, 1.165) is 28.3 Å². The van der Waals surface area contributed by atoms with E-state index in [1.54, 1.807) is 0 Å². The Morgan fingerprint density at radius 2 is 1.85 bits per heavy atom. The molecular formula is C17H17ClN2. The summed E-state index contributed by atoms with van der Waals surface area (Å²) in [5.41, 5.74) is 3.39. The van der Waals surface area contributed by atoms with Gasteiger partial charge < -0.3 is 4.57 Å². The maximum Gasteiger partial charge on any atom is 0.114 e. The van der Waals surface area contributed by atoms with Crippen LogP contribution < -0.4 is 0 Å². The van der Waals surface area contributed by atoms with Gasteiger partial charge in [-0.1, -0.05) is 41.9 Å². The second kappa shape index (κ2) is 5.29. The van der Waals surface area contributed by atoms with Crippen LogP contribution in [0.25, 0.3) is 11.0 Å². The van der Waals surface area contributed by atoms with Crippen molar-refractivity contribution in [2.45, 2.75) is 26.3 Å². The zero-order chi connectivity index (χ0) is 14.1. The fourth-order valence-electron chi connectivity index (χ4n) is 2.60. The van der Waals surface area contributed by atoms with Crippen molar-refractivity contribution in [2.24, 2.45) is 0 Å². The molecule has 2 nitrogen and oxygen atoms in total. The maximum absolute atomic E-state index is 6.12. The van der Waals surface area contributed by atoms with Gasteiger partial charge in [-0.2, -0.15) is 0 Å². The minimum atomic E-state index is 0.358. The third-order valence-electron chi connectivity index (χ3n) is 3.45. The molecule has 0 bridgehead atoms. The minimum absolute atomic E-state index is 0.358. The number of nitrogens with zero attached hydrogens (tertiary/aromatic N) is 2. The topological polar surface area (TPSA) is 17.8 Å². The zero-order valence-electron chi connectivity index (χ0n) is 11.7. The number of hydrogen-bond acceptors (Lipinski definition) is 1. The molecule has 0 atom stereocenters. The predicted octanol–water partition coefficient (Wildman–Crippen LogP) is 4.86. The molecule has 0 amide bonds. The Labute approximate surface area is 124 Å². The number of benzene rings is 2. The van der Waals surface area contributed by atoms with Crippen LogP contribution in [0.4, 0.5) is 0 Å². The van der Waals surface area contributed by atoms with Gasteiger partial charge in [-0.05, 0) is 37.6 Å². The minimum Gasteiger partial charge on any atom is -0.325 e. The van der Waals surface area contributed by atoms with Crippen molar-refractivity contribution in [3.63, 3.8) is 0 Å². The van der Waals surface area contributed by atoms with E-state index >= 15 is 0 Å². The van der Waals surface area contributed by atoms with Crippen LogP contribution in [0.15, 0.2) is 48.5 Å². The second-order valence-corrected chi connectivity index (χ2v) is 5.72. The predicted molar refractivity (Wildman–Crippen MR) is 84.4 cm³/mol. The van der Waals surface area contributed by atoms with Crippen LogP contribution in [-0.2, 0) is 6.42 Å². The van der Waals surface area contributed by atoms with Crippen molar-refractivity contribution in [1.82, 2.24) is 9.55 Å². The van der Waals surface area contributed by atoms with Gasteiger partial charge in [0.25, 0.3) is 0 Å². The van der Waals surface area contributed by atoms with Crippen LogP contribution in [0, 0.1) is 0 Å². The largest absolute Gasteiger partial charge is 0.325 e. The number of fused-ring (bicyclic) bond motifs is 1. The first-order chi connectivity index (χ1) is 9.65. The van der Waals surface area contributed by atoms with E-state index in [-0.39, 0.29) is 0 Å². The molecule has 1 heterocycles. The smallest absolute Gasteiger partial charge is 0.114 e. The lowest BCUT2D eigenvalue weighted by Gasteiger charge is -2.13. The molecule has 3 rings (SSSR count). The summed E-state index contributed by atoms with van der Waals surface area (Å²) in [6.45, 7) is 4.35. The van der Waals surface area contributed by atoms with E-state index in [4.69, 9.17) is 16.6 Å². The van der Waals surface area contributed by atoms with E-state index in [2.05, 4.69) is 42.7 Å². The Kier molecular flexibility index (Phi) is 3.49. The van der Waals surface area contributed by atoms with E-state index < -0.39 is 0 Å². The fourth-order valence-corrected chi connectivity index (χ4v) is 2.76. The van der Waals surface area contributed by atoms with Gasteiger partial charge in [0.05, 0.1) is 11.0 Å². The van der Waals surface area contributed by atoms with Gasteiger partial charge in [-0.15, -0.1) is 0 Å². The average molecular weight is 285 g/mol. The Hall–Kier alpha value is -1.80. The number of aromatic nitrogens is 2. The van der Waals surface area contributed by atoms with E-state index in [9.17, 15) is 0 Å². The SMILES string of the molecule is CC(C)n1c(Cc2ccccc2)nc2ccc(Cl)cc21. The molecule has 102 valence electrons. The summed E-state index contributed by atoms with van der Waals surface area (Å²) < 4.78 is 2.27. The summed E-state index contributed by atoms with van der Waals surface area (Å²) in [4.78, 5) is 4.77. The van der Waals surface area contributed by atoms with Crippen molar-refractivity contribution in [2.75, 3.05) is 0 Å². The molecule has 0 saturated carbocycles. The average Bonchev–Trinajstić information content (AvgIpc) is 2.77. The summed E-state index contributed by atoms with van der Waals surface area (Å²) in [5, 5.41) is 0.755. The first kappa shape index (κ1) is 13.2. The molecule has 0 fully saturated rings. The first-order valence-corrected chi connectivity index (χ1v) is 7.23. The van der Waals surface area contributed by atoms with Gasteiger partial charge in [0.2, 0.25) is 0 Å². The Morgan fingerprint density at radius 3 is 2.55 bits per heavy atom. The number of halogens is 1. The van der Waals surface area contributed by atoms with Gasteiger partial charge in [0, 0.05) is 17.5 Å². The first-order valence-electron chi connectivity index (χ1n) is 6.85. The molecule has 0 spiro atoms. The highest BCUT2D eigenvalue weighted by Gasteiger charge is 2.13. The molecule has 0 N–H and O–H groups in total. The van der Waals surface area contributed by atoms with Gasteiger partial charge in [-0.3, -0.25) is 0 Å². The van der Waals surface area contributed by atoms with Crippen LogP contribution in [0.3, 0.4) is 0 Å². The third kappa shape index (κ3) is 2.44. The van der Waals surface area contributed by atoms with Crippen LogP contribution in [0.5, 0.6) is 0 Å². The van der Waals surface area contributed by atoms with E-state index in [0.29, 0.717) is 6.04 Å². The molecule has 1 aromatic heterocycles. The van der Waals surface area contributed by atoms with E-state index in [1.165, 1.54) is 5.56 Å². The van der Waals surface area contributed by atoms with Crippen molar-refractivity contribution in [3.05, 3.63) is 64.9 Å². The molecule has 2 aromatic carbocycles. The van der Waals surface area contributed by atoms with Gasteiger partial charge in [0.15, 0.2) is 0 Å². The molecule has 3 heteroatoms. The van der Waals surface area contributed by atoms with Gasteiger partial charge in [-0.25, -0.2) is 4.98 Å². The maximum atomic E-state index is 6.12. The number of hydrogen-bond donors (Lipinski definition) is 0. The van der Waals surface area contributed by atoms with Crippen molar-refractivity contribution in [1.29, 1.82) is 0 Å². The van der Waals surface area contributed by atoms with Crippen LogP contribution >= 0.6 is 11.6 Å². The summed E-state index contributed by atoms with van der Waals surface area (Å²) in [6, 6.07) is 16.7. The van der Waals surface area contributed by atoms with Crippen LogP contribution in [-0.4, -0.2) is 9.55 Å². The Morgan fingerprint density at radius 1 is 1.10 bits per heavy atom. The lowest BCUT2D eigenvalue weighted by Crippen LogP contribution is -2.06. The molecule has 0 aliphatic heterocycles. The Balaban J connectivity index is 2.12. The monoisotopic (exact) mass is 284 g/mol. The van der Waals surface area contributed by atoms with Crippen molar-refractivity contribution < 1.29 is 0 Å². The van der Waals surface area contributed by atoms with Crippen molar-refractivity contribution >= 4 is 22.6 Å². The third-order valence-corrected chi connectivity index (χ3v) is 3.68. The molecule has 0 saturated heterocycles. The van der Waals surface area contributed by atoms with Crippen LogP contribution in [0.2, 0.25) is 5.02 Å². The van der Waals surface area contributed by atoms with Crippen molar-refractivity contribution in [3.8, 4) is 0 Å². The number of rotatable bonds is 3. The lowest BCUT2D eigenvalue weighted by molar-refractivity contribution is 0.591. The quantitative estimate of drug-likeness (QED) is 0.671. The number of imidazole rings is 1. The highest BCUT2D eigenvalue weighted by atomic mass is 35.5. The molecule has 0 aliphatic carbocycles. The molecule has 20 heavy (non-hydrogen) atoms.